The highest BCUT2D eigenvalue weighted by molar-refractivity contribution is 5.92. The first-order chi connectivity index (χ1) is 12.0. The third kappa shape index (κ3) is 5.93. The van der Waals surface area contributed by atoms with Crippen LogP contribution in [0.4, 0.5) is 21.0 Å². The maximum atomic E-state index is 12.4. The minimum Gasteiger partial charge on any atom is -0.320 e. The highest BCUT2D eigenvalue weighted by Crippen LogP contribution is 2.17. The Bertz CT molecular complexity index is 525. The minimum absolute atomic E-state index is 0.117. The molecule has 1 rings (SSSR count). The smallest absolute Gasteiger partial charge is 0.320 e. The van der Waals surface area contributed by atoms with Gasteiger partial charge in [0.05, 0.1) is 0 Å². The quantitative estimate of drug-likeness (QED) is 0.749. The Balaban J connectivity index is 2.77. The standard InChI is InChI=1S/C20H34N4O2/c1-13(2)23(14(3)4)19(25)21-17-9-11-18(12-10-17)22-20(26)24(15(5)6)16(7)8/h9-16H,1-8H3,(H,21,25)(H,22,26). The van der Waals surface area contributed by atoms with Crippen molar-refractivity contribution >= 4 is 23.4 Å². The predicted molar refractivity (Wildman–Crippen MR) is 109 cm³/mol. The lowest BCUT2D eigenvalue weighted by molar-refractivity contribution is 0.177. The van der Waals surface area contributed by atoms with Gasteiger partial charge < -0.3 is 20.4 Å². The van der Waals surface area contributed by atoms with E-state index < -0.39 is 0 Å². The van der Waals surface area contributed by atoms with Gasteiger partial charge in [0.15, 0.2) is 0 Å². The number of amides is 4. The van der Waals surface area contributed by atoms with Crippen LogP contribution >= 0.6 is 0 Å². The minimum atomic E-state index is -0.127. The van der Waals surface area contributed by atoms with Crippen molar-refractivity contribution < 1.29 is 9.59 Å². The first-order valence-electron chi connectivity index (χ1n) is 9.33. The highest BCUT2D eigenvalue weighted by atomic mass is 16.2. The number of urea groups is 2. The molecule has 6 heteroatoms. The molecule has 0 unspecified atom stereocenters. The van der Waals surface area contributed by atoms with Crippen LogP contribution in [0.2, 0.25) is 0 Å². The fraction of sp³-hybridized carbons (Fsp3) is 0.600. The second kappa shape index (κ2) is 9.46. The van der Waals surface area contributed by atoms with E-state index in [-0.39, 0.29) is 36.2 Å². The second-order valence-corrected chi connectivity index (χ2v) is 7.63. The van der Waals surface area contributed by atoms with Crippen molar-refractivity contribution in [2.24, 2.45) is 0 Å². The summed E-state index contributed by atoms with van der Waals surface area (Å²) in [6.07, 6.45) is 0. The van der Waals surface area contributed by atoms with Crippen molar-refractivity contribution in [1.29, 1.82) is 0 Å². The molecule has 0 heterocycles. The summed E-state index contributed by atoms with van der Waals surface area (Å²) < 4.78 is 0. The average Bonchev–Trinajstić information content (AvgIpc) is 2.47. The monoisotopic (exact) mass is 362 g/mol. The van der Waals surface area contributed by atoms with Gasteiger partial charge in [0.2, 0.25) is 0 Å². The molecule has 0 saturated carbocycles. The van der Waals surface area contributed by atoms with Gasteiger partial charge in [-0.05, 0) is 79.7 Å². The molecule has 0 bridgehead atoms. The number of anilines is 2. The Morgan fingerprint density at radius 3 is 1.04 bits per heavy atom. The molecule has 0 atom stereocenters. The Kier molecular flexibility index (Phi) is 7.93. The van der Waals surface area contributed by atoms with Crippen molar-refractivity contribution in [2.45, 2.75) is 79.6 Å². The van der Waals surface area contributed by atoms with E-state index in [1.165, 1.54) is 0 Å². The number of rotatable bonds is 6. The van der Waals surface area contributed by atoms with Crippen molar-refractivity contribution in [3.05, 3.63) is 24.3 Å². The summed E-state index contributed by atoms with van der Waals surface area (Å²) in [6, 6.07) is 7.39. The highest BCUT2D eigenvalue weighted by Gasteiger charge is 2.21. The SMILES string of the molecule is CC(C)N(C(=O)Nc1ccc(NC(=O)N(C(C)C)C(C)C)cc1)C(C)C. The molecule has 0 fully saturated rings. The molecule has 26 heavy (non-hydrogen) atoms. The molecule has 1 aromatic carbocycles. The molecule has 146 valence electrons. The van der Waals surface area contributed by atoms with Gasteiger partial charge in [-0.1, -0.05) is 0 Å². The molecule has 6 nitrogen and oxygen atoms in total. The molecule has 0 aromatic heterocycles. The second-order valence-electron chi connectivity index (χ2n) is 7.63. The van der Waals surface area contributed by atoms with E-state index in [2.05, 4.69) is 10.6 Å². The van der Waals surface area contributed by atoms with Crippen LogP contribution in [0.15, 0.2) is 24.3 Å². The topological polar surface area (TPSA) is 64.7 Å². The van der Waals surface area contributed by atoms with Gasteiger partial charge >= 0.3 is 12.1 Å². The van der Waals surface area contributed by atoms with Crippen LogP contribution in [0, 0.1) is 0 Å². The van der Waals surface area contributed by atoms with Gasteiger partial charge in [0, 0.05) is 35.5 Å². The molecule has 2 N–H and O–H groups in total. The zero-order valence-corrected chi connectivity index (χ0v) is 17.3. The van der Waals surface area contributed by atoms with E-state index in [4.69, 9.17) is 0 Å². The largest absolute Gasteiger partial charge is 0.322 e. The van der Waals surface area contributed by atoms with Crippen LogP contribution < -0.4 is 10.6 Å². The van der Waals surface area contributed by atoms with Crippen molar-refractivity contribution in [1.82, 2.24) is 9.80 Å². The molecular formula is C20H34N4O2. The van der Waals surface area contributed by atoms with Crippen molar-refractivity contribution in [2.75, 3.05) is 10.6 Å². The predicted octanol–water partition coefficient (Wildman–Crippen LogP) is 4.99. The van der Waals surface area contributed by atoms with Gasteiger partial charge in [0.25, 0.3) is 0 Å². The van der Waals surface area contributed by atoms with Crippen LogP contribution in [0.1, 0.15) is 55.4 Å². The number of nitrogens with zero attached hydrogens (tertiary/aromatic N) is 2. The lowest BCUT2D eigenvalue weighted by atomic mass is 10.2. The van der Waals surface area contributed by atoms with Crippen LogP contribution in [0.25, 0.3) is 0 Å². The normalized spacial score (nSPS) is 11.2. The van der Waals surface area contributed by atoms with Gasteiger partial charge in [-0.3, -0.25) is 0 Å². The summed E-state index contributed by atoms with van der Waals surface area (Å²) in [7, 11) is 0. The van der Waals surface area contributed by atoms with E-state index in [1.807, 2.05) is 55.4 Å². The summed E-state index contributed by atoms with van der Waals surface area (Å²) in [4.78, 5) is 28.5. The van der Waals surface area contributed by atoms with Crippen molar-refractivity contribution in [3.8, 4) is 0 Å². The fourth-order valence-electron chi connectivity index (χ4n) is 3.14. The molecule has 1 aromatic rings. The Hall–Kier alpha value is -2.24. The van der Waals surface area contributed by atoms with Crippen LogP contribution in [-0.2, 0) is 0 Å². The summed E-state index contributed by atoms with van der Waals surface area (Å²) >= 11 is 0. The Morgan fingerprint density at radius 2 is 0.846 bits per heavy atom. The van der Waals surface area contributed by atoms with Gasteiger partial charge in [0.1, 0.15) is 0 Å². The molecule has 0 saturated heterocycles. The Labute approximate surface area is 157 Å². The van der Waals surface area contributed by atoms with E-state index in [1.54, 1.807) is 34.1 Å². The van der Waals surface area contributed by atoms with Crippen LogP contribution in [0.3, 0.4) is 0 Å². The lowest BCUT2D eigenvalue weighted by Crippen LogP contribution is -2.44. The summed E-state index contributed by atoms with van der Waals surface area (Å²) in [5, 5.41) is 5.82. The van der Waals surface area contributed by atoms with Gasteiger partial charge in [-0.2, -0.15) is 0 Å². The summed E-state index contributed by atoms with van der Waals surface area (Å²) in [5.41, 5.74) is 1.40. The number of hydrogen-bond donors (Lipinski definition) is 2. The first-order valence-corrected chi connectivity index (χ1v) is 9.33. The van der Waals surface area contributed by atoms with E-state index in [0.717, 1.165) is 0 Å². The Morgan fingerprint density at radius 1 is 0.615 bits per heavy atom. The van der Waals surface area contributed by atoms with Crippen LogP contribution in [0.5, 0.6) is 0 Å². The fourth-order valence-corrected chi connectivity index (χ4v) is 3.14. The third-order valence-corrected chi connectivity index (χ3v) is 4.08. The molecule has 0 aliphatic carbocycles. The summed E-state index contributed by atoms with van der Waals surface area (Å²) in [5.74, 6) is 0. The zero-order chi connectivity index (χ0) is 20.0. The van der Waals surface area contributed by atoms with E-state index >= 15 is 0 Å². The number of hydrogen-bond acceptors (Lipinski definition) is 2. The molecule has 0 radical (unpaired) electrons. The molecule has 0 aliphatic heterocycles. The molecule has 0 aliphatic rings. The maximum absolute atomic E-state index is 12.4. The van der Waals surface area contributed by atoms with Gasteiger partial charge in [-0.25, -0.2) is 9.59 Å². The van der Waals surface area contributed by atoms with E-state index in [9.17, 15) is 9.59 Å². The number of carbonyl (C=O) groups excluding carboxylic acids is 2. The molecular weight excluding hydrogens is 328 g/mol. The molecule has 4 amide bonds. The zero-order valence-electron chi connectivity index (χ0n) is 17.3. The first kappa shape index (κ1) is 21.8. The number of nitrogens with one attached hydrogen (secondary N) is 2. The van der Waals surface area contributed by atoms with Gasteiger partial charge in [-0.15, -0.1) is 0 Å². The lowest BCUT2D eigenvalue weighted by Gasteiger charge is -2.31. The molecule has 0 spiro atoms. The maximum Gasteiger partial charge on any atom is 0.322 e. The third-order valence-electron chi connectivity index (χ3n) is 4.08. The number of carbonyl (C=O) groups is 2. The van der Waals surface area contributed by atoms with Crippen LogP contribution in [-0.4, -0.2) is 46.0 Å². The summed E-state index contributed by atoms with van der Waals surface area (Å²) in [6.45, 7) is 15.9. The average molecular weight is 363 g/mol. The van der Waals surface area contributed by atoms with E-state index in [0.29, 0.717) is 11.4 Å². The number of benzene rings is 1. The van der Waals surface area contributed by atoms with Crippen molar-refractivity contribution in [3.63, 3.8) is 0 Å².